The molecule has 0 saturated carbocycles. The molecule has 0 spiro atoms. The van der Waals surface area contributed by atoms with Crippen molar-refractivity contribution in [2.75, 3.05) is 26.7 Å². The first-order valence-corrected chi connectivity index (χ1v) is 7.75. The lowest BCUT2D eigenvalue weighted by atomic mass is 10.1. The quantitative estimate of drug-likeness (QED) is 0.871. The number of aromatic nitrogens is 4. The molecule has 2 aromatic rings. The molecule has 124 valence electrons. The second kappa shape index (κ2) is 6.41. The molecule has 8 heteroatoms. The molecule has 8 nitrogen and oxygen atoms in total. The molecule has 0 aromatic carbocycles. The average molecular weight is 317 g/mol. The predicted octanol–water partition coefficient (Wildman–Crippen LogP) is 0.650. The third-order valence-electron chi connectivity index (χ3n) is 4.46. The van der Waals surface area contributed by atoms with Crippen LogP contribution in [0.25, 0.3) is 0 Å². The van der Waals surface area contributed by atoms with Crippen LogP contribution in [0.2, 0.25) is 0 Å². The third kappa shape index (κ3) is 3.21. The van der Waals surface area contributed by atoms with Gasteiger partial charge in [-0.3, -0.25) is 10.00 Å². The highest BCUT2D eigenvalue weighted by Crippen LogP contribution is 2.22. The van der Waals surface area contributed by atoms with Crippen molar-refractivity contribution in [3.05, 3.63) is 35.7 Å². The number of nitrogens with zero attached hydrogens (tertiary/aromatic N) is 5. The highest BCUT2D eigenvalue weighted by Gasteiger charge is 2.30. The number of rotatable bonds is 3. The van der Waals surface area contributed by atoms with E-state index < -0.39 is 0 Å². The maximum atomic E-state index is 12.4. The molecule has 2 N–H and O–H groups in total. The van der Waals surface area contributed by atoms with Crippen molar-refractivity contribution in [2.45, 2.75) is 19.5 Å². The van der Waals surface area contributed by atoms with Crippen LogP contribution in [-0.4, -0.2) is 62.3 Å². The number of aromatic amines is 1. The van der Waals surface area contributed by atoms with Gasteiger partial charge in [-0.1, -0.05) is 0 Å². The van der Waals surface area contributed by atoms with Crippen LogP contribution in [0.4, 0.5) is 4.79 Å². The first-order valence-electron chi connectivity index (χ1n) is 7.75. The molecule has 0 radical (unpaired) electrons. The van der Waals surface area contributed by atoms with E-state index >= 15 is 0 Å². The summed E-state index contributed by atoms with van der Waals surface area (Å²) in [5.41, 5.74) is 1.99. The minimum absolute atomic E-state index is 0.0436. The molecular formula is C15H23N7O. The van der Waals surface area contributed by atoms with E-state index in [-0.39, 0.29) is 12.1 Å². The van der Waals surface area contributed by atoms with E-state index in [2.05, 4.69) is 32.4 Å². The van der Waals surface area contributed by atoms with E-state index in [1.165, 1.54) is 0 Å². The van der Waals surface area contributed by atoms with Crippen LogP contribution in [0, 0.1) is 6.92 Å². The van der Waals surface area contributed by atoms with Crippen molar-refractivity contribution in [3.8, 4) is 0 Å². The number of nitrogens with one attached hydrogen (secondary N) is 2. The standard InChI is InChI=1S/C15H23N7O/c1-11-12(9-18-19-11)8-17-15(23)22-7-6-20(2)13(10-22)14-16-4-5-21(14)3/h4-5,9,13H,6-8,10H2,1-3H3,(H,17,23)(H,18,19)/t13-/m1/s1. The largest absolute Gasteiger partial charge is 0.337 e. The van der Waals surface area contributed by atoms with Gasteiger partial charge in [-0.15, -0.1) is 0 Å². The van der Waals surface area contributed by atoms with Crippen molar-refractivity contribution < 1.29 is 4.79 Å². The molecule has 0 unspecified atom stereocenters. The zero-order valence-electron chi connectivity index (χ0n) is 13.8. The van der Waals surface area contributed by atoms with Gasteiger partial charge in [0.05, 0.1) is 12.2 Å². The fourth-order valence-electron chi connectivity index (χ4n) is 2.87. The molecule has 2 aromatic heterocycles. The molecule has 3 heterocycles. The summed E-state index contributed by atoms with van der Waals surface area (Å²) in [5, 5.41) is 9.82. The molecule has 23 heavy (non-hydrogen) atoms. The summed E-state index contributed by atoms with van der Waals surface area (Å²) in [5.74, 6) is 0.982. The topological polar surface area (TPSA) is 82.1 Å². The van der Waals surface area contributed by atoms with Gasteiger partial charge in [0.2, 0.25) is 0 Å². The molecule has 0 bridgehead atoms. The van der Waals surface area contributed by atoms with Gasteiger partial charge in [0.25, 0.3) is 0 Å². The summed E-state index contributed by atoms with van der Waals surface area (Å²) < 4.78 is 2.01. The lowest BCUT2D eigenvalue weighted by Gasteiger charge is -2.38. The number of piperazine rings is 1. The number of hydrogen-bond acceptors (Lipinski definition) is 4. The molecule has 0 aliphatic carbocycles. The highest BCUT2D eigenvalue weighted by atomic mass is 16.2. The SMILES string of the molecule is Cc1[nH]ncc1CNC(=O)N1CCN(C)[C@@H](c2nccn2C)C1. The summed E-state index contributed by atoms with van der Waals surface area (Å²) in [6.45, 7) is 4.61. The minimum Gasteiger partial charge on any atom is -0.337 e. The summed E-state index contributed by atoms with van der Waals surface area (Å²) in [7, 11) is 4.06. The van der Waals surface area contributed by atoms with Crippen molar-refractivity contribution >= 4 is 6.03 Å². The number of carbonyl (C=O) groups excluding carboxylic acids is 1. The molecule has 2 amide bonds. The predicted molar refractivity (Wildman–Crippen MR) is 85.7 cm³/mol. The van der Waals surface area contributed by atoms with E-state index in [4.69, 9.17) is 0 Å². The Morgan fingerprint density at radius 1 is 1.43 bits per heavy atom. The van der Waals surface area contributed by atoms with Crippen molar-refractivity contribution in [1.29, 1.82) is 0 Å². The van der Waals surface area contributed by atoms with Crippen LogP contribution in [0.3, 0.4) is 0 Å². The molecule has 1 atom stereocenters. The second-order valence-electron chi connectivity index (χ2n) is 6.02. The normalized spacial score (nSPS) is 19.1. The molecule has 1 aliphatic heterocycles. The Morgan fingerprint density at radius 3 is 2.91 bits per heavy atom. The second-order valence-corrected chi connectivity index (χ2v) is 6.02. The van der Waals surface area contributed by atoms with E-state index in [1.807, 2.05) is 29.6 Å². The summed E-state index contributed by atoms with van der Waals surface area (Å²) in [6, 6.07) is 0.0723. The van der Waals surface area contributed by atoms with Gasteiger partial charge in [0.1, 0.15) is 5.82 Å². The van der Waals surface area contributed by atoms with Gasteiger partial charge in [-0.25, -0.2) is 9.78 Å². The zero-order valence-corrected chi connectivity index (χ0v) is 13.8. The van der Waals surface area contributed by atoms with E-state index in [9.17, 15) is 4.79 Å². The van der Waals surface area contributed by atoms with Gasteiger partial charge in [0, 0.05) is 56.9 Å². The molecule has 1 fully saturated rings. The van der Waals surface area contributed by atoms with Crippen LogP contribution in [0.15, 0.2) is 18.6 Å². The minimum atomic E-state index is -0.0436. The third-order valence-corrected chi connectivity index (χ3v) is 4.46. The van der Waals surface area contributed by atoms with Crippen LogP contribution in [-0.2, 0) is 13.6 Å². The number of amides is 2. The molecule has 1 saturated heterocycles. The van der Waals surface area contributed by atoms with Crippen LogP contribution in [0.5, 0.6) is 0 Å². The fourth-order valence-corrected chi connectivity index (χ4v) is 2.87. The highest BCUT2D eigenvalue weighted by molar-refractivity contribution is 5.74. The van der Waals surface area contributed by atoms with Gasteiger partial charge in [-0.05, 0) is 14.0 Å². The summed E-state index contributed by atoms with van der Waals surface area (Å²) in [4.78, 5) is 21.0. The number of aryl methyl sites for hydroxylation is 2. The van der Waals surface area contributed by atoms with Gasteiger partial charge in [0.15, 0.2) is 0 Å². The molecule has 3 rings (SSSR count). The number of carbonyl (C=O) groups is 1. The fraction of sp³-hybridized carbons (Fsp3) is 0.533. The number of imidazole rings is 1. The van der Waals surface area contributed by atoms with Gasteiger partial charge in [-0.2, -0.15) is 5.10 Å². The Morgan fingerprint density at radius 2 is 2.26 bits per heavy atom. The van der Waals surface area contributed by atoms with Crippen molar-refractivity contribution in [2.24, 2.45) is 7.05 Å². The van der Waals surface area contributed by atoms with Crippen molar-refractivity contribution in [3.63, 3.8) is 0 Å². The maximum absolute atomic E-state index is 12.4. The maximum Gasteiger partial charge on any atom is 0.317 e. The van der Waals surface area contributed by atoms with Crippen LogP contribution >= 0.6 is 0 Å². The first kappa shape index (κ1) is 15.5. The van der Waals surface area contributed by atoms with Crippen LogP contribution < -0.4 is 5.32 Å². The van der Waals surface area contributed by atoms with Crippen LogP contribution in [0.1, 0.15) is 23.1 Å². The number of urea groups is 1. The Hall–Kier alpha value is -2.35. The molecule has 1 aliphatic rings. The Labute approximate surface area is 135 Å². The average Bonchev–Trinajstić information content (AvgIpc) is 3.14. The first-order chi connectivity index (χ1) is 11.1. The van der Waals surface area contributed by atoms with Gasteiger partial charge >= 0.3 is 6.03 Å². The Bertz CT molecular complexity index is 677. The lowest BCUT2D eigenvalue weighted by Crippen LogP contribution is -2.52. The lowest BCUT2D eigenvalue weighted by molar-refractivity contribution is 0.104. The summed E-state index contributed by atoms with van der Waals surface area (Å²) in [6.07, 6.45) is 5.48. The Kier molecular flexibility index (Phi) is 4.33. The number of hydrogen-bond donors (Lipinski definition) is 2. The van der Waals surface area contributed by atoms with E-state index in [0.717, 1.165) is 23.6 Å². The molecular weight excluding hydrogens is 294 g/mol. The van der Waals surface area contributed by atoms with Crippen molar-refractivity contribution in [1.82, 2.24) is 34.9 Å². The summed E-state index contributed by atoms with van der Waals surface area (Å²) >= 11 is 0. The number of H-pyrrole nitrogens is 1. The number of likely N-dealkylation sites (N-methyl/N-ethyl adjacent to an activating group) is 1. The smallest absolute Gasteiger partial charge is 0.317 e. The Balaban J connectivity index is 1.63. The zero-order chi connectivity index (χ0) is 16.4. The van der Waals surface area contributed by atoms with E-state index in [1.54, 1.807) is 12.4 Å². The van der Waals surface area contributed by atoms with E-state index in [0.29, 0.717) is 19.6 Å². The van der Waals surface area contributed by atoms with Gasteiger partial charge < -0.3 is 14.8 Å². The monoisotopic (exact) mass is 317 g/mol.